The van der Waals surface area contributed by atoms with Crippen LogP contribution in [0.3, 0.4) is 0 Å². The van der Waals surface area contributed by atoms with Crippen LogP contribution >= 0.6 is 0 Å². The van der Waals surface area contributed by atoms with Gasteiger partial charge >= 0.3 is 0 Å². The molecule has 0 aliphatic heterocycles. The Balaban J connectivity index is 1.90. The maximum Gasteiger partial charge on any atom is 0.0486 e. The molecule has 1 aliphatic carbocycles. The maximum atomic E-state index is 5.19. The van der Waals surface area contributed by atoms with Crippen molar-refractivity contribution in [1.29, 1.82) is 0 Å². The SMILES string of the molecule is COCCCn1cc(CN(C)C2CC2)c2c(C)cccc21. The smallest absolute Gasteiger partial charge is 0.0486 e. The molecule has 3 nitrogen and oxygen atoms in total. The molecule has 1 heterocycles. The number of fused-ring (bicyclic) bond motifs is 1. The minimum Gasteiger partial charge on any atom is -0.385 e. The third kappa shape index (κ3) is 3.14. The lowest BCUT2D eigenvalue weighted by atomic mass is 10.1. The molecule has 3 heteroatoms. The number of hydrogen-bond acceptors (Lipinski definition) is 2. The van der Waals surface area contributed by atoms with E-state index in [0.29, 0.717) is 0 Å². The van der Waals surface area contributed by atoms with E-state index in [0.717, 1.165) is 32.2 Å². The summed E-state index contributed by atoms with van der Waals surface area (Å²) in [5, 5.41) is 1.45. The molecule has 1 fully saturated rings. The zero-order valence-corrected chi connectivity index (χ0v) is 13.4. The largest absolute Gasteiger partial charge is 0.385 e. The predicted octanol–water partition coefficient (Wildman–Crippen LogP) is 3.58. The van der Waals surface area contributed by atoms with E-state index in [1.807, 2.05) is 0 Å². The lowest BCUT2D eigenvalue weighted by Gasteiger charge is -2.15. The maximum absolute atomic E-state index is 5.19. The quantitative estimate of drug-likeness (QED) is 0.724. The van der Waals surface area contributed by atoms with Gasteiger partial charge in [-0.2, -0.15) is 0 Å². The van der Waals surface area contributed by atoms with E-state index in [9.17, 15) is 0 Å². The summed E-state index contributed by atoms with van der Waals surface area (Å²) >= 11 is 0. The lowest BCUT2D eigenvalue weighted by molar-refractivity contribution is 0.190. The van der Waals surface area contributed by atoms with Gasteiger partial charge in [0.1, 0.15) is 0 Å². The van der Waals surface area contributed by atoms with E-state index in [-0.39, 0.29) is 0 Å². The molecule has 0 unspecified atom stereocenters. The van der Waals surface area contributed by atoms with E-state index in [2.05, 4.69) is 47.8 Å². The summed E-state index contributed by atoms with van der Waals surface area (Å²) in [5.41, 5.74) is 4.22. The molecule has 3 rings (SSSR count). The molecule has 0 spiro atoms. The average molecular weight is 286 g/mol. The Bertz CT molecular complexity index is 613. The van der Waals surface area contributed by atoms with Crippen LogP contribution in [0.1, 0.15) is 30.4 Å². The van der Waals surface area contributed by atoms with E-state index in [1.54, 1.807) is 7.11 Å². The molecule has 0 N–H and O–H groups in total. The number of ether oxygens (including phenoxy) is 1. The average Bonchev–Trinajstić information content (AvgIpc) is 3.25. The van der Waals surface area contributed by atoms with Crippen molar-refractivity contribution in [3.05, 3.63) is 35.5 Å². The summed E-state index contributed by atoms with van der Waals surface area (Å²) in [4.78, 5) is 2.50. The van der Waals surface area contributed by atoms with Gasteiger partial charge in [0.2, 0.25) is 0 Å². The molecule has 1 saturated carbocycles. The van der Waals surface area contributed by atoms with Crippen molar-refractivity contribution >= 4 is 10.9 Å². The van der Waals surface area contributed by atoms with Gasteiger partial charge in [0.25, 0.3) is 0 Å². The first-order valence-corrected chi connectivity index (χ1v) is 7.97. The standard InChI is InChI=1S/C18H26N2O/c1-14-6-4-7-17-18(14)15(12-19(2)16-8-9-16)13-20(17)10-5-11-21-3/h4,6-7,13,16H,5,8-12H2,1-3H3. The Hall–Kier alpha value is -1.32. The van der Waals surface area contributed by atoms with Crippen LogP contribution in [0.5, 0.6) is 0 Å². The number of aryl methyl sites for hydroxylation is 2. The lowest BCUT2D eigenvalue weighted by Crippen LogP contribution is -2.19. The molecule has 1 aliphatic rings. The number of rotatable bonds is 7. The number of aromatic nitrogens is 1. The van der Waals surface area contributed by atoms with Crippen LogP contribution in [0.2, 0.25) is 0 Å². The van der Waals surface area contributed by atoms with Crippen molar-refractivity contribution in [2.75, 3.05) is 20.8 Å². The summed E-state index contributed by atoms with van der Waals surface area (Å²) in [6.45, 7) is 5.13. The highest BCUT2D eigenvalue weighted by atomic mass is 16.5. The molecular weight excluding hydrogens is 260 g/mol. The Morgan fingerprint density at radius 1 is 1.33 bits per heavy atom. The molecule has 2 aromatic rings. The fourth-order valence-corrected chi connectivity index (χ4v) is 3.23. The van der Waals surface area contributed by atoms with Gasteiger partial charge in [0.15, 0.2) is 0 Å². The van der Waals surface area contributed by atoms with Crippen molar-refractivity contribution in [1.82, 2.24) is 9.47 Å². The van der Waals surface area contributed by atoms with Crippen molar-refractivity contribution in [2.24, 2.45) is 0 Å². The van der Waals surface area contributed by atoms with Gasteiger partial charge < -0.3 is 9.30 Å². The summed E-state index contributed by atoms with van der Waals surface area (Å²) < 4.78 is 7.59. The van der Waals surface area contributed by atoms with Gasteiger partial charge in [-0.1, -0.05) is 12.1 Å². The van der Waals surface area contributed by atoms with Crippen molar-refractivity contribution in [3.63, 3.8) is 0 Å². The fraction of sp³-hybridized carbons (Fsp3) is 0.556. The molecular formula is C18H26N2O. The van der Waals surface area contributed by atoms with Crippen LogP contribution in [0.15, 0.2) is 24.4 Å². The topological polar surface area (TPSA) is 17.4 Å². The highest BCUT2D eigenvalue weighted by Crippen LogP contribution is 2.30. The highest BCUT2D eigenvalue weighted by Gasteiger charge is 2.26. The normalized spacial score (nSPS) is 15.2. The summed E-state index contributed by atoms with van der Waals surface area (Å²) in [6, 6.07) is 7.44. The fourth-order valence-electron chi connectivity index (χ4n) is 3.23. The van der Waals surface area contributed by atoms with E-state index >= 15 is 0 Å². The van der Waals surface area contributed by atoms with Crippen molar-refractivity contribution in [2.45, 2.75) is 45.3 Å². The molecule has 1 aromatic carbocycles. The second kappa shape index (κ2) is 6.20. The number of methoxy groups -OCH3 is 1. The second-order valence-corrected chi connectivity index (χ2v) is 6.31. The number of hydrogen-bond donors (Lipinski definition) is 0. The van der Waals surface area contributed by atoms with Gasteiger partial charge in [-0.3, -0.25) is 4.90 Å². The van der Waals surface area contributed by atoms with Crippen LogP contribution in [0, 0.1) is 6.92 Å². The molecule has 21 heavy (non-hydrogen) atoms. The van der Waals surface area contributed by atoms with E-state index < -0.39 is 0 Å². The van der Waals surface area contributed by atoms with Gasteiger partial charge in [0.05, 0.1) is 0 Å². The first-order valence-electron chi connectivity index (χ1n) is 7.97. The second-order valence-electron chi connectivity index (χ2n) is 6.31. The predicted molar refractivity (Wildman–Crippen MR) is 87.7 cm³/mol. The molecule has 0 saturated heterocycles. The van der Waals surface area contributed by atoms with E-state index in [4.69, 9.17) is 4.74 Å². The van der Waals surface area contributed by atoms with Crippen LogP contribution in [-0.4, -0.2) is 36.3 Å². The van der Waals surface area contributed by atoms with Crippen molar-refractivity contribution in [3.8, 4) is 0 Å². The first kappa shape index (κ1) is 14.6. The Morgan fingerprint density at radius 2 is 2.14 bits per heavy atom. The molecule has 0 radical (unpaired) electrons. The minimum absolute atomic E-state index is 0.806. The van der Waals surface area contributed by atoms with Crippen LogP contribution < -0.4 is 0 Å². The summed E-state index contributed by atoms with van der Waals surface area (Å²) in [5.74, 6) is 0. The van der Waals surface area contributed by atoms with Gasteiger partial charge in [0, 0.05) is 49.9 Å². The van der Waals surface area contributed by atoms with Crippen LogP contribution in [-0.2, 0) is 17.8 Å². The van der Waals surface area contributed by atoms with E-state index in [1.165, 1.54) is 34.9 Å². The summed E-state index contributed by atoms with van der Waals surface area (Å²) in [7, 11) is 4.03. The Kier molecular flexibility index (Phi) is 4.32. The zero-order chi connectivity index (χ0) is 14.8. The Morgan fingerprint density at radius 3 is 2.86 bits per heavy atom. The third-order valence-electron chi connectivity index (χ3n) is 4.53. The van der Waals surface area contributed by atoms with Crippen molar-refractivity contribution < 1.29 is 4.74 Å². The number of nitrogens with zero attached hydrogens (tertiary/aromatic N) is 2. The Labute approximate surface area is 127 Å². The summed E-state index contributed by atoms with van der Waals surface area (Å²) in [6.07, 6.45) is 6.14. The third-order valence-corrected chi connectivity index (χ3v) is 4.53. The molecule has 0 atom stereocenters. The molecule has 1 aromatic heterocycles. The monoisotopic (exact) mass is 286 g/mol. The molecule has 0 amide bonds. The highest BCUT2D eigenvalue weighted by molar-refractivity contribution is 5.87. The van der Waals surface area contributed by atoms with Crippen LogP contribution in [0.25, 0.3) is 10.9 Å². The van der Waals surface area contributed by atoms with Gasteiger partial charge in [-0.05, 0) is 50.4 Å². The minimum atomic E-state index is 0.806. The van der Waals surface area contributed by atoms with Gasteiger partial charge in [-0.25, -0.2) is 0 Å². The number of benzene rings is 1. The zero-order valence-electron chi connectivity index (χ0n) is 13.4. The van der Waals surface area contributed by atoms with Crippen LogP contribution in [0.4, 0.5) is 0 Å². The molecule has 0 bridgehead atoms. The molecule has 114 valence electrons. The van der Waals surface area contributed by atoms with Gasteiger partial charge in [-0.15, -0.1) is 0 Å². The first-order chi connectivity index (χ1) is 10.2.